The average molecular weight is 336 g/mol. The first kappa shape index (κ1) is 13.3. The Kier molecular flexibility index (Phi) is 4.83. The number of hydrogen-bond donors (Lipinski definition) is 1. The molecular weight excluding hydrogens is 324 g/mol. The van der Waals surface area contributed by atoms with Crippen LogP contribution in [0.4, 0.5) is 0 Å². The summed E-state index contributed by atoms with van der Waals surface area (Å²) in [5, 5.41) is 12.4. The van der Waals surface area contributed by atoms with Gasteiger partial charge in [0.05, 0.1) is 12.2 Å². The molecule has 0 amide bonds. The minimum atomic E-state index is -0.312. The van der Waals surface area contributed by atoms with Crippen LogP contribution in [0.1, 0.15) is 23.8 Å². The number of ether oxygens (including phenoxy) is 1. The Hall–Kier alpha value is -0.120. The molecule has 1 aromatic heterocycles. The lowest BCUT2D eigenvalue weighted by atomic mass is 10.2. The summed E-state index contributed by atoms with van der Waals surface area (Å²) in [7, 11) is 0. The highest BCUT2D eigenvalue weighted by Gasteiger charge is 2.19. The van der Waals surface area contributed by atoms with E-state index in [0.717, 1.165) is 28.8 Å². The lowest BCUT2D eigenvalue weighted by molar-refractivity contribution is 0.109. The zero-order valence-electron chi connectivity index (χ0n) is 9.08. The number of nitriles is 1. The van der Waals surface area contributed by atoms with Crippen molar-refractivity contribution in [1.29, 1.82) is 5.26 Å². The van der Waals surface area contributed by atoms with E-state index in [4.69, 9.17) is 21.6 Å². The minimum absolute atomic E-state index is 0.240. The molecular formula is C11H12BrClN2OS. The first-order valence-corrected chi connectivity index (χ1v) is 7.39. The topological polar surface area (TPSA) is 45.0 Å². The maximum atomic E-state index is 9.15. The van der Waals surface area contributed by atoms with Crippen molar-refractivity contribution in [3.05, 3.63) is 19.8 Å². The van der Waals surface area contributed by atoms with Crippen LogP contribution in [0, 0.1) is 11.3 Å². The summed E-state index contributed by atoms with van der Waals surface area (Å²) < 4.78 is 7.03. The fourth-order valence-electron chi connectivity index (χ4n) is 1.77. The molecule has 17 heavy (non-hydrogen) atoms. The third-order valence-corrected chi connectivity index (χ3v) is 5.19. The number of rotatable bonds is 4. The monoisotopic (exact) mass is 334 g/mol. The van der Waals surface area contributed by atoms with E-state index in [0.29, 0.717) is 10.9 Å². The van der Waals surface area contributed by atoms with Gasteiger partial charge in [0, 0.05) is 22.5 Å². The predicted octanol–water partition coefficient (Wildman–Crippen LogP) is 3.50. The van der Waals surface area contributed by atoms with Crippen molar-refractivity contribution in [2.24, 2.45) is 0 Å². The Morgan fingerprint density at radius 1 is 1.76 bits per heavy atom. The van der Waals surface area contributed by atoms with Gasteiger partial charge < -0.3 is 4.74 Å². The molecule has 0 bridgehead atoms. The highest BCUT2D eigenvalue weighted by atomic mass is 79.9. The van der Waals surface area contributed by atoms with E-state index >= 15 is 0 Å². The number of nitrogens with one attached hydrogen (secondary N) is 1. The molecule has 0 radical (unpaired) electrons. The van der Waals surface area contributed by atoms with Gasteiger partial charge in [-0.15, -0.1) is 11.3 Å². The summed E-state index contributed by atoms with van der Waals surface area (Å²) in [6.45, 7) is 1.55. The molecule has 1 aliphatic heterocycles. The van der Waals surface area contributed by atoms with Gasteiger partial charge in [0.2, 0.25) is 0 Å². The SMILES string of the molecule is N#CC(NCC1CCCO1)c1cc(Br)c(Cl)s1. The summed E-state index contributed by atoms with van der Waals surface area (Å²) in [4.78, 5) is 0.933. The van der Waals surface area contributed by atoms with E-state index in [1.807, 2.05) is 6.07 Å². The van der Waals surface area contributed by atoms with Crippen LogP contribution in [-0.2, 0) is 4.74 Å². The molecule has 2 rings (SSSR count). The Balaban J connectivity index is 1.94. The Morgan fingerprint density at radius 2 is 2.59 bits per heavy atom. The molecule has 0 spiro atoms. The maximum Gasteiger partial charge on any atom is 0.130 e. The van der Waals surface area contributed by atoms with Gasteiger partial charge in [-0.2, -0.15) is 5.26 Å². The van der Waals surface area contributed by atoms with Crippen LogP contribution < -0.4 is 5.32 Å². The van der Waals surface area contributed by atoms with E-state index in [2.05, 4.69) is 27.3 Å². The average Bonchev–Trinajstić information content (AvgIpc) is 2.91. The normalized spacial score (nSPS) is 21.4. The third-order valence-electron chi connectivity index (χ3n) is 2.65. The van der Waals surface area contributed by atoms with Crippen LogP contribution in [0.3, 0.4) is 0 Å². The van der Waals surface area contributed by atoms with Crippen molar-refractivity contribution in [3.8, 4) is 6.07 Å². The van der Waals surface area contributed by atoms with Gasteiger partial charge in [0.25, 0.3) is 0 Å². The molecule has 2 heterocycles. The Labute approximate surface area is 118 Å². The van der Waals surface area contributed by atoms with Crippen molar-refractivity contribution >= 4 is 38.9 Å². The lowest BCUT2D eigenvalue weighted by Gasteiger charge is -2.13. The highest BCUT2D eigenvalue weighted by Crippen LogP contribution is 2.35. The minimum Gasteiger partial charge on any atom is -0.377 e. The molecule has 92 valence electrons. The van der Waals surface area contributed by atoms with Gasteiger partial charge >= 0.3 is 0 Å². The van der Waals surface area contributed by atoms with Crippen LogP contribution >= 0.6 is 38.9 Å². The summed E-state index contributed by atoms with van der Waals surface area (Å²) >= 11 is 10.7. The number of hydrogen-bond acceptors (Lipinski definition) is 4. The smallest absolute Gasteiger partial charge is 0.130 e. The van der Waals surface area contributed by atoms with Crippen LogP contribution in [0.2, 0.25) is 4.34 Å². The molecule has 1 N–H and O–H groups in total. The van der Waals surface area contributed by atoms with Crippen LogP contribution in [0.5, 0.6) is 0 Å². The van der Waals surface area contributed by atoms with Gasteiger partial charge in [0.1, 0.15) is 10.4 Å². The quantitative estimate of drug-likeness (QED) is 0.916. The van der Waals surface area contributed by atoms with Crippen molar-refractivity contribution in [3.63, 3.8) is 0 Å². The first-order chi connectivity index (χ1) is 8.20. The van der Waals surface area contributed by atoms with E-state index in [1.165, 1.54) is 11.3 Å². The molecule has 0 saturated carbocycles. The predicted molar refractivity (Wildman–Crippen MR) is 72.4 cm³/mol. The fraction of sp³-hybridized carbons (Fsp3) is 0.545. The molecule has 1 aromatic rings. The van der Waals surface area contributed by atoms with Crippen LogP contribution in [0.15, 0.2) is 10.5 Å². The summed E-state index contributed by atoms with van der Waals surface area (Å²) in [6, 6.07) is 3.83. The van der Waals surface area contributed by atoms with Gasteiger partial charge in [0.15, 0.2) is 0 Å². The van der Waals surface area contributed by atoms with Crippen LogP contribution in [-0.4, -0.2) is 19.3 Å². The molecule has 0 aromatic carbocycles. The number of thiophene rings is 1. The Bertz CT molecular complexity index is 406. The molecule has 6 heteroatoms. The highest BCUT2D eigenvalue weighted by molar-refractivity contribution is 9.10. The second kappa shape index (κ2) is 6.17. The summed E-state index contributed by atoms with van der Waals surface area (Å²) in [6.07, 6.45) is 2.42. The zero-order chi connectivity index (χ0) is 12.3. The summed E-state index contributed by atoms with van der Waals surface area (Å²) in [5.41, 5.74) is 0. The van der Waals surface area contributed by atoms with Crippen molar-refractivity contribution in [2.45, 2.75) is 25.0 Å². The lowest BCUT2D eigenvalue weighted by Crippen LogP contribution is -2.28. The van der Waals surface area contributed by atoms with E-state index in [9.17, 15) is 0 Å². The van der Waals surface area contributed by atoms with Gasteiger partial charge in [-0.3, -0.25) is 5.32 Å². The van der Waals surface area contributed by atoms with E-state index < -0.39 is 0 Å². The Morgan fingerprint density at radius 3 is 3.12 bits per heavy atom. The van der Waals surface area contributed by atoms with Crippen molar-refractivity contribution < 1.29 is 4.74 Å². The molecule has 2 unspecified atom stereocenters. The van der Waals surface area contributed by atoms with Gasteiger partial charge in [-0.25, -0.2) is 0 Å². The maximum absolute atomic E-state index is 9.15. The number of nitrogens with zero attached hydrogens (tertiary/aromatic N) is 1. The summed E-state index contributed by atoms with van der Waals surface area (Å²) in [5.74, 6) is 0. The fourth-order valence-corrected chi connectivity index (χ4v) is 3.53. The van der Waals surface area contributed by atoms with Crippen molar-refractivity contribution in [2.75, 3.05) is 13.2 Å². The van der Waals surface area contributed by atoms with Crippen molar-refractivity contribution in [1.82, 2.24) is 5.32 Å². The second-order valence-electron chi connectivity index (χ2n) is 3.88. The second-order valence-corrected chi connectivity index (χ2v) is 6.42. The molecule has 3 nitrogen and oxygen atoms in total. The largest absolute Gasteiger partial charge is 0.377 e. The van der Waals surface area contributed by atoms with E-state index in [1.54, 1.807) is 0 Å². The molecule has 1 aliphatic rings. The van der Waals surface area contributed by atoms with E-state index in [-0.39, 0.29) is 12.1 Å². The van der Waals surface area contributed by atoms with Gasteiger partial charge in [-0.1, -0.05) is 11.6 Å². The molecule has 0 aliphatic carbocycles. The van der Waals surface area contributed by atoms with Gasteiger partial charge in [-0.05, 0) is 34.8 Å². The first-order valence-electron chi connectivity index (χ1n) is 5.40. The zero-order valence-corrected chi connectivity index (χ0v) is 12.2. The standard InChI is InChI=1S/C11H12BrClN2OS/c12-8-4-10(17-11(8)13)9(5-14)15-6-7-2-1-3-16-7/h4,7,9,15H,1-3,6H2. The van der Waals surface area contributed by atoms with Crippen LogP contribution in [0.25, 0.3) is 0 Å². The molecule has 2 atom stereocenters. The number of halogens is 2. The molecule has 1 saturated heterocycles. The third kappa shape index (κ3) is 3.43. The molecule has 1 fully saturated rings.